The fourth-order valence-electron chi connectivity index (χ4n) is 2.73. The summed E-state index contributed by atoms with van der Waals surface area (Å²) in [6.07, 6.45) is 7.10. The second-order valence-electron chi connectivity index (χ2n) is 7.19. The fraction of sp³-hybridized carbons (Fsp3) is 0.261. The van der Waals surface area contributed by atoms with Crippen molar-refractivity contribution in [2.75, 3.05) is 6.61 Å². The van der Waals surface area contributed by atoms with Gasteiger partial charge < -0.3 is 10.1 Å². The van der Waals surface area contributed by atoms with E-state index in [2.05, 4.69) is 37.7 Å². The second-order valence-corrected chi connectivity index (χ2v) is 8.95. The number of hydrazone groups is 1. The maximum atomic E-state index is 12.7. The highest BCUT2D eigenvalue weighted by Gasteiger charge is 2.23. The van der Waals surface area contributed by atoms with Crippen LogP contribution in [0.15, 0.2) is 46.0 Å². The highest BCUT2D eigenvalue weighted by atomic mass is 79.9. The first-order valence-electron chi connectivity index (χ1n) is 9.66. The van der Waals surface area contributed by atoms with Crippen LogP contribution in [0.4, 0.5) is 0 Å². The van der Waals surface area contributed by atoms with Gasteiger partial charge in [0.25, 0.3) is 11.8 Å². The first kappa shape index (κ1) is 25.7. The Hall–Kier alpha value is -2.53. The molecule has 2 aromatic rings. The summed E-state index contributed by atoms with van der Waals surface area (Å²) in [5.41, 5.74) is 3.32. The minimum atomic E-state index is -0.814. The molecule has 0 saturated carbocycles. The molecule has 6 nitrogen and oxygen atoms in total. The minimum absolute atomic E-state index is 0.102. The quantitative estimate of drug-likeness (QED) is 0.266. The molecule has 0 heterocycles. The first-order valence-corrected chi connectivity index (χ1v) is 11.2. The number of terminal acetylenes is 1. The lowest BCUT2D eigenvalue weighted by atomic mass is 10.0. The van der Waals surface area contributed by atoms with Gasteiger partial charge in [-0.2, -0.15) is 5.10 Å². The van der Waals surface area contributed by atoms with E-state index in [1.54, 1.807) is 24.3 Å². The Bertz CT molecular complexity index is 1050. The normalized spacial score (nSPS) is 11.8. The molecule has 9 heteroatoms. The van der Waals surface area contributed by atoms with E-state index in [9.17, 15) is 9.59 Å². The Labute approximate surface area is 205 Å². The zero-order valence-electron chi connectivity index (χ0n) is 17.5. The van der Waals surface area contributed by atoms with Crippen molar-refractivity contribution in [3.05, 3.63) is 62.0 Å². The molecule has 2 amide bonds. The van der Waals surface area contributed by atoms with Gasteiger partial charge in [0.2, 0.25) is 0 Å². The van der Waals surface area contributed by atoms with Gasteiger partial charge in [-0.25, -0.2) is 5.43 Å². The molecule has 32 heavy (non-hydrogen) atoms. The highest BCUT2D eigenvalue weighted by Crippen LogP contribution is 2.22. The van der Waals surface area contributed by atoms with Crippen molar-refractivity contribution < 1.29 is 14.3 Å². The Kier molecular flexibility index (Phi) is 10.0. The van der Waals surface area contributed by atoms with Gasteiger partial charge in [0.15, 0.2) is 0 Å². The van der Waals surface area contributed by atoms with Crippen LogP contribution in [0.1, 0.15) is 36.2 Å². The molecule has 0 radical (unpaired) electrons. The summed E-state index contributed by atoms with van der Waals surface area (Å²) in [6, 6.07) is 9.04. The van der Waals surface area contributed by atoms with Gasteiger partial charge in [-0.15, -0.1) is 6.42 Å². The number of carbonyl (C=O) groups excluding carboxylic acids is 2. The minimum Gasteiger partial charge on any atom is -0.480 e. The molecule has 0 spiro atoms. The number of amides is 2. The average Bonchev–Trinajstić information content (AvgIpc) is 2.72. The summed E-state index contributed by atoms with van der Waals surface area (Å²) in [5, 5.41) is 7.34. The van der Waals surface area contributed by atoms with Gasteiger partial charge in [0, 0.05) is 15.1 Å². The standard InChI is InChI=1S/C23H22BrCl2N3O3/c1-4-9-32-21-8-5-16(24)11-15(21)13-27-29-23(31)20(10-14(2)3)28-22(30)18-7-6-17(25)12-19(18)26/h1,5-8,11-14,20H,9-10H2,2-3H3,(H,28,30)(H,29,31)/b27-13-/t20-/m0/s1. The van der Waals surface area contributed by atoms with E-state index in [1.165, 1.54) is 18.3 Å². The predicted octanol–water partition coefficient (Wildman–Crippen LogP) is 5.06. The van der Waals surface area contributed by atoms with Crippen molar-refractivity contribution in [1.82, 2.24) is 10.7 Å². The lowest BCUT2D eigenvalue weighted by Gasteiger charge is -2.19. The molecular weight excluding hydrogens is 517 g/mol. The van der Waals surface area contributed by atoms with Crippen LogP contribution in [0.2, 0.25) is 10.0 Å². The van der Waals surface area contributed by atoms with Gasteiger partial charge in [-0.1, -0.05) is 58.9 Å². The molecule has 2 aromatic carbocycles. The van der Waals surface area contributed by atoms with Crippen LogP contribution in [0.5, 0.6) is 5.75 Å². The zero-order chi connectivity index (χ0) is 23.7. The van der Waals surface area contributed by atoms with Gasteiger partial charge in [0.05, 0.1) is 16.8 Å². The number of carbonyl (C=O) groups is 2. The smallest absolute Gasteiger partial charge is 0.262 e. The molecule has 0 unspecified atom stereocenters. The van der Waals surface area contributed by atoms with E-state index in [1.807, 2.05) is 13.8 Å². The summed E-state index contributed by atoms with van der Waals surface area (Å²) < 4.78 is 6.29. The Morgan fingerprint density at radius 3 is 2.66 bits per heavy atom. The van der Waals surface area contributed by atoms with E-state index in [-0.39, 0.29) is 23.1 Å². The SMILES string of the molecule is C#CCOc1ccc(Br)cc1/C=N\NC(=O)[C@H](CC(C)C)NC(=O)c1ccc(Cl)cc1Cl. The van der Waals surface area contributed by atoms with Gasteiger partial charge in [-0.3, -0.25) is 9.59 Å². The summed E-state index contributed by atoms with van der Waals surface area (Å²) in [4.78, 5) is 25.4. The average molecular weight is 539 g/mol. The van der Waals surface area contributed by atoms with Crippen molar-refractivity contribution in [1.29, 1.82) is 0 Å². The van der Waals surface area contributed by atoms with Crippen LogP contribution in [0, 0.1) is 18.3 Å². The Morgan fingerprint density at radius 1 is 1.25 bits per heavy atom. The third-order valence-corrected chi connectivity index (χ3v) is 5.21. The number of hydrogen-bond donors (Lipinski definition) is 2. The molecule has 0 fully saturated rings. The maximum Gasteiger partial charge on any atom is 0.262 e. The third-order valence-electron chi connectivity index (χ3n) is 4.17. The monoisotopic (exact) mass is 537 g/mol. The second kappa shape index (κ2) is 12.5. The van der Waals surface area contributed by atoms with Crippen molar-refractivity contribution in [3.63, 3.8) is 0 Å². The molecule has 168 valence electrons. The van der Waals surface area contributed by atoms with E-state index in [0.717, 1.165) is 4.47 Å². The summed E-state index contributed by atoms with van der Waals surface area (Å²) in [6.45, 7) is 3.99. The maximum absolute atomic E-state index is 12.7. The number of ether oxygens (including phenoxy) is 1. The van der Waals surface area contributed by atoms with Crippen LogP contribution < -0.4 is 15.5 Å². The lowest BCUT2D eigenvalue weighted by molar-refractivity contribution is -0.123. The third kappa shape index (κ3) is 7.86. The summed E-state index contributed by atoms with van der Waals surface area (Å²) in [7, 11) is 0. The molecule has 2 rings (SSSR count). The van der Waals surface area contributed by atoms with Crippen LogP contribution in [-0.4, -0.2) is 30.7 Å². The van der Waals surface area contributed by atoms with Gasteiger partial charge in [0.1, 0.15) is 18.4 Å². The van der Waals surface area contributed by atoms with Crippen LogP contribution in [-0.2, 0) is 4.79 Å². The van der Waals surface area contributed by atoms with Crippen molar-refractivity contribution in [3.8, 4) is 18.1 Å². The molecule has 0 saturated heterocycles. The van der Waals surface area contributed by atoms with Crippen molar-refractivity contribution in [2.45, 2.75) is 26.3 Å². The number of halogens is 3. The molecule has 1 atom stereocenters. The molecule has 0 aliphatic heterocycles. The molecule has 0 bridgehead atoms. The van der Waals surface area contributed by atoms with E-state index in [0.29, 0.717) is 22.8 Å². The van der Waals surface area contributed by atoms with Gasteiger partial charge >= 0.3 is 0 Å². The summed E-state index contributed by atoms with van der Waals surface area (Å²) >= 11 is 15.4. The van der Waals surface area contributed by atoms with Crippen molar-refractivity contribution >= 4 is 57.2 Å². The first-order chi connectivity index (χ1) is 15.2. The largest absolute Gasteiger partial charge is 0.480 e. The van der Waals surface area contributed by atoms with E-state index in [4.69, 9.17) is 34.4 Å². The predicted molar refractivity (Wildman–Crippen MR) is 131 cm³/mol. The summed E-state index contributed by atoms with van der Waals surface area (Å²) in [5.74, 6) is 2.12. The zero-order valence-corrected chi connectivity index (χ0v) is 20.6. The molecule has 0 aromatic heterocycles. The molecule has 0 aliphatic rings. The molecule has 2 N–H and O–H groups in total. The molecular formula is C23H22BrCl2N3O3. The molecule has 0 aliphatic carbocycles. The van der Waals surface area contributed by atoms with E-state index < -0.39 is 17.9 Å². The number of benzene rings is 2. The van der Waals surface area contributed by atoms with Crippen LogP contribution >= 0.6 is 39.1 Å². The van der Waals surface area contributed by atoms with Crippen LogP contribution in [0.25, 0.3) is 0 Å². The number of nitrogens with zero attached hydrogens (tertiary/aromatic N) is 1. The number of nitrogens with one attached hydrogen (secondary N) is 2. The van der Waals surface area contributed by atoms with Crippen molar-refractivity contribution in [2.24, 2.45) is 11.0 Å². The van der Waals surface area contributed by atoms with E-state index >= 15 is 0 Å². The highest BCUT2D eigenvalue weighted by molar-refractivity contribution is 9.10. The Morgan fingerprint density at radius 2 is 2.00 bits per heavy atom. The fourth-order valence-corrected chi connectivity index (χ4v) is 3.60. The lowest BCUT2D eigenvalue weighted by Crippen LogP contribution is -2.46. The van der Waals surface area contributed by atoms with Crippen LogP contribution in [0.3, 0.4) is 0 Å². The van der Waals surface area contributed by atoms with Gasteiger partial charge in [-0.05, 0) is 48.7 Å². The number of rotatable bonds is 9. The number of hydrogen-bond acceptors (Lipinski definition) is 4. The Balaban J connectivity index is 2.12. The topological polar surface area (TPSA) is 79.8 Å².